The summed E-state index contributed by atoms with van der Waals surface area (Å²) in [6.07, 6.45) is -4.50. The number of nitriles is 1. The number of carbonyl (C=O) groups is 1. The van der Waals surface area contributed by atoms with E-state index in [0.717, 1.165) is 12.1 Å². The Morgan fingerprint density at radius 2 is 1.64 bits per heavy atom. The number of nitrogens with one attached hydrogen (secondary N) is 1. The van der Waals surface area contributed by atoms with Crippen LogP contribution in [0.1, 0.15) is 44.4 Å². The number of benzene rings is 2. The molecule has 0 aromatic heterocycles. The maximum atomic E-state index is 13.2. The third-order valence-electron chi connectivity index (χ3n) is 5.23. The van der Waals surface area contributed by atoms with E-state index in [2.05, 4.69) is 5.32 Å². The van der Waals surface area contributed by atoms with Gasteiger partial charge in [0.1, 0.15) is 0 Å². The monoisotopic (exact) mass is 481 g/mol. The van der Waals surface area contributed by atoms with E-state index in [4.69, 9.17) is 5.26 Å². The lowest BCUT2D eigenvalue weighted by atomic mass is 9.84. The van der Waals surface area contributed by atoms with Gasteiger partial charge in [0, 0.05) is 24.2 Å². The Hall–Kier alpha value is -2.90. The van der Waals surface area contributed by atoms with Crippen LogP contribution in [0, 0.1) is 16.7 Å². The van der Waals surface area contributed by atoms with Gasteiger partial charge in [-0.1, -0.05) is 39.8 Å². The molecule has 0 heterocycles. The van der Waals surface area contributed by atoms with Crippen LogP contribution in [0.5, 0.6) is 0 Å². The molecular weight excluding hydrogens is 455 g/mol. The van der Waals surface area contributed by atoms with Crippen LogP contribution in [0.15, 0.2) is 47.4 Å². The molecule has 33 heavy (non-hydrogen) atoms. The fourth-order valence-corrected chi connectivity index (χ4v) is 4.79. The number of hydrogen-bond acceptors (Lipinski definition) is 4. The normalized spacial score (nSPS) is 12.5. The zero-order chi connectivity index (χ0) is 25.0. The van der Waals surface area contributed by atoms with Gasteiger partial charge in [0.15, 0.2) is 0 Å². The van der Waals surface area contributed by atoms with Gasteiger partial charge < -0.3 is 5.32 Å². The smallest absolute Gasteiger partial charge is 0.326 e. The van der Waals surface area contributed by atoms with E-state index in [0.29, 0.717) is 18.7 Å². The zero-order valence-corrected chi connectivity index (χ0v) is 19.6. The number of carbonyl (C=O) groups excluding carboxylic acids is 1. The standard InChI is InChI=1S/C23H26F3N3O3S/c1-5-29(6-2)33(31,32)19-11-7-16(8-12-19)14-22(3,4)21(30)28-18-10-9-17(15-27)20(13-18)23(24,25)26/h7-13H,5-6,14H2,1-4H3,(H,28,30). The van der Waals surface area contributed by atoms with Crippen molar-refractivity contribution in [1.29, 1.82) is 5.26 Å². The predicted molar refractivity (Wildman–Crippen MR) is 119 cm³/mol. The van der Waals surface area contributed by atoms with E-state index in [-0.39, 0.29) is 17.0 Å². The summed E-state index contributed by atoms with van der Waals surface area (Å²) in [5.41, 5.74) is -2.03. The van der Waals surface area contributed by atoms with Crippen molar-refractivity contribution in [2.24, 2.45) is 5.41 Å². The minimum Gasteiger partial charge on any atom is -0.326 e. The van der Waals surface area contributed by atoms with E-state index >= 15 is 0 Å². The molecule has 6 nitrogen and oxygen atoms in total. The second kappa shape index (κ2) is 9.93. The van der Waals surface area contributed by atoms with Crippen LogP contribution >= 0.6 is 0 Å². The number of hydrogen-bond donors (Lipinski definition) is 1. The number of amides is 1. The van der Waals surface area contributed by atoms with Gasteiger partial charge in [0.25, 0.3) is 0 Å². The van der Waals surface area contributed by atoms with Gasteiger partial charge in [0.05, 0.1) is 22.1 Å². The second-order valence-corrected chi connectivity index (χ2v) is 10.1. The fourth-order valence-electron chi connectivity index (χ4n) is 3.34. The fraction of sp³-hybridized carbons (Fsp3) is 0.391. The van der Waals surface area contributed by atoms with Crippen LogP contribution in [0.3, 0.4) is 0 Å². The largest absolute Gasteiger partial charge is 0.417 e. The molecule has 2 rings (SSSR count). The molecule has 0 spiro atoms. The molecule has 0 unspecified atom stereocenters. The topological polar surface area (TPSA) is 90.3 Å². The molecule has 0 saturated heterocycles. The maximum absolute atomic E-state index is 13.2. The Morgan fingerprint density at radius 3 is 2.12 bits per heavy atom. The number of sulfonamides is 1. The zero-order valence-electron chi connectivity index (χ0n) is 18.8. The highest BCUT2D eigenvalue weighted by Crippen LogP contribution is 2.34. The van der Waals surface area contributed by atoms with Crippen molar-refractivity contribution in [3.63, 3.8) is 0 Å². The quantitative estimate of drug-likeness (QED) is 0.586. The van der Waals surface area contributed by atoms with Gasteiger partial charge in [-0.3, -0.25) is 4.79 Å². The first kappa shape index (κ1) is 26.4. The van der Waals surface area contributed by atoms with E-state index in [1.165, 1.54) is 28.6 Å². The van der Waals surface area contributed by atoms with Crippen molar-refractivity contribution < 1.29 is 26.4 Å². The van der Waals surface area contributed by atoms with Gasteiger partial charge >= 0.3 is 6.18 Å². The molecule has 0 aliphatic carbocycles. The molecule has 178 valence electrons. The number of rotatable bonds is 8. The Labute approximate surface area is 192 Å². The van der Waals surface area contributed by atoms with Crippen LogP contribution in [0.25, 0.3) is 0 Å². The van der Waals surface area contributed by atoms with Gasteiger partial charge in [0.2, 0.25) is 15.9 Å². The number of anilines is 1. The van der Waals surface area contributed by atoms with E-state index in [1.807, 2.05) is 0 Å². The van der Waals surface area contributed by atoms with Gasteiger partial charge in [-0.25, -0.2) is 8.42 Å². The third kappa shape index (κ3) is 6.12. The van der Waals surface area contributed by atoms with Gasteiger partial charge in [-0.2, -0.15) is 22.7 Å². The van der Waals surface area contributed by atoms with Crippen LogP contribution in [0.4, 0.5) is 18.9 Å². The van der Waals surface area contributed by atoms with Crippen molar-refractivity contribution in [1.82, 2.24) is 4.31 Å². The van der Waals surface area contributed by atoms with Gasteiger partial charge in [-0.05, 0) is 42.3 Å². The summed E-state index contributed by atoms with van der Waals surface area (Å²) in [7, 11) is -3.60. The first-order valence-corrected chi connectivity index (χ1v) is 11.7. The molecule has 0 aliphatic rings. The average molecular weight is 482 g/mol. The summed E-state index contributed by atoms with van der Waals surface area (Å²) in [5, 5.41) is 11.4. The molecule has 2 aromatic carbocycles. The highest BCUT2D eigenvalue weighted by Gasteiger charge is 2.35. The highest BCUT2D eigenvalue weighted by molar-refractivity contribution is 7.89. The summed E-state index contributed by atoms with van der Waals surface area (Å²) in [4.78, 5) is 12.9. The Kier molecular flexibility index (Phi) is 7.93. The summed E-state index contributed by atoms with van der Waals surface area (Å²) in [6, 6.07) is 10.7. The minimum atomic E-state index is -4.73. The molecule has 0 saturated carbocycles. The number of alkyl halides is 3. The lowest BCUT2D eigenvalue weighted by Crippen LogP contribution is -2.33. The Bertz CT molecular complexity index is 1150. The van der Waals surface area contributed by atoms with E-state index in [1.54, 1.807) is 39.8 Å². The van der Waals surface area contributed by atoms with Gasteiger partial charge in [-0.15, -0.1) is 0 Å². The molecule has 0 radical (unpaired) electrons. The van der Waals surface area contributed by atoms with Crippen LogP contribution < -0.4 is 5.32 Å². The van der Waals surface area contributed by atoms with Crippen LogP contribution in [-0.4, -0.2) is 31.7 Å². The first-order chi connectivity index (χ1) is 15.3. The molecule has 1 amide bonds. The van der Waals surface area contributed by atoms with Crippen molar-refractivity contribution in [3.05, 3.63) is 59.2 Å². The molecule has 2 aromatic rings. The summed E-state index contributed by atoms with van der Waals surface area (Å²) < 4.78 is 66.1. The molecule has 0 fully saturated rings. The highest BCUT2D eigenvalue weighted by atomic mass is 32.2. The summed E-state index contributed by atoms with van der Waals surface area (Å²) in [5.74, 6) is -0.514. The molecule has 0 bridgehead atoms. The lowest BCUT2D eigenvalue weighted by Gasteiger charge is -2.24. The average Bonchev–Trinajstić information content (AvgIpc) is 2.73. The first-order valence-electron chi connectivity index (χ1n) is 10.3. The second-order valence-electron chi connectivity index (χ2n) is 8.12. The van der Waals surface area contributed by atoms with E-state index in [9.17, 15) is 26.4 Å². The predicted octanol–water partition coefficient (Wildman–Crippen LogP) is 4.81. The van der Waals surface area contributed by atoms with Crippen LogP contribution in [0.2, 0.25) is 0 Å². The third-order valence-corrected chi connectivity index (χ3v) is 7.29. The maximum Gasteiger partial charge on any atom is 0.417 e. The summed E-state index contributed by atoms with van der Waals surface area (Å²) in [6.45, 7) is 7.47. The SMILES string of the molecule is CCN(CC)S(=O)(=O)c1ccc(CC(C)(C)C(=O)Nc2ccc(C#N)c(C(F)(F)F)c2)cc1. The van der Waals surface area contributed by atoms with Crippen molar-refractivity contribution in [3.8, 4) is 6.07 Å². The molecule has 10 heteroatoms. The number of halogens is 3. The minimum absolute atomic E-state index is 0.0694. The Morgan fingerprint density at radius 1 is 1.06 bits per heavy atom. The van der Waals surface area contributed by atoms with Crippen molar-refractivity contribution in [2.75, 3.05) is 18.4 Å². The van der Waals surface area contributed by atoms with Crippen molar-refractivity contribution >= 4 is 21.6 Å². The molecule has 1 N–H and O–H groups in total. The van der Waals surface area contributed by atoms with Crippen LogP contribution in [-0.2, 0) is 27.4 Å². The van der Waals surface area contributed by atoms with E-state index < -0.39 is 38.6 Å². The molecule has 0 aliphatic heterocycles. The lowest BCUT2D eigenvalue weighted by molar-refractivity contribution is -0.137. The molecular formula is C23H26F3N3O3S. The molecule has 0 atom stereocenters. The Balaban J connectivity index is 2.19. The van der Waals surface area contributed by atoms with Crippen molar-refractivity contribution in [2.45, 2.75) is 45.2 Å². The summed E-state index contributed by atoms with van der Waals surface area (Å²) >= 11 is 0. The number of nitrogens with zero attached hydrogens (tertiary/aromatic N) is 2.